The first-order chi connectivity index (χ1) is 21.9. The van der Waals surface area contributed by atoms with Crippen molar-refractivity contribution in [1.29, 1.82) is 0 Å². The monoisotopic (exact) mass is 657 g/mol. The zero-order valence-corrected chi connectivity index (χ0v) is 24.5. The van der Waals surface area contributed by atoms with E-state index in [0.717, 1.165) is 6.07 Å². The molecule has 2 fully saturated rings. The van der Waals surface area contributed by atoms with Crippen molar-refractivity contribution < 1.29 is 84.2 Å². The number of aliphatic hydroxyl groups is 9. The van der Waals surface area contributed by atoms with E-state index in [1.165, 1.54) is 38.5 Å². The molecule has 5 rings (SSSR count). The average Bonchev–Trinajstić information content (AvgIpc) is 3.05. The number of rotatable bonds is 9. The second-order valence-electron chi connectivity index (χ2n) is 10.9. The van der Waals surface area contributed by atoms with Crippen LogP contribution in [-0.4, -0.2) is 145 Å². The standard InChI is InChI=1S/C29H36O17/c1-40-15-3-10(4-16(41-2)20(15)33)27-17(44-29-26(39)24(37)22(35)19(9-31)46-29)7-12-13(42-27)5-11(32)6-14(12)43-28-25(38)23(36)21(34)18(8-30)45-28/h3-7,18-19,21-39H,8-9H2,1-2H3/p+1/t18-,19+,21-,22-,23+,24+,25-,26-,27?,28-,29+/m1/s1. The molecule has 3 aliphatic rings. The molecule has 3 aliphatic heterocycles. The number of aliphatic hydroxyl groups excluding tert-OH is 8. The van der Waals surface area contributed by atoms with E-state index in [1.807, 2.05) is 0 Å². The summed E-state index contributed by atoms with van der Waals surface area (Å²) in [6.07, 6.45) is -16.0. The highest BCUT2D eigenvalue weighted by atomic mass is 16.7. The minimum absolute atomic E-state index is 0.00471. The third kappa shape index (κ3) is 6.21. The van der Waals surface area contributed by atoms with Crippen LogP contribution in [0.25, 0.3) is 6.08 Å². The Bertz CT molecular complexity index is 1390. The van der Waals surface area contributed by atoms with Crippen LogP contribution in [0.15, 0.2) is 30.0 Å². The molecule has 11 N–H and O–H groups in total. The molecular weight excluding hydrogens is 620 g/mol. The van der Waals surface area contributed by atoms with Gasteiger partial charge in [-0.3, -0.25) is 0 Å². The largest absolute Gasteiger partial charge is 0.571 e. The van der Waals surface area contributed by atoms with Gasteiger partial charge in [0, 0.05) is 12.1 Å². The van der Waals surface area contributed by atoms with E-state index in [0.29, 0.717) is 5.56 Å². The van der Waals surface area contributed by atoms with Crippen LogP contribution in [0.3, 0.4) is 0 Å². The number of benzene rings is 2. The second kappa shape index (κ2) is 13.6. The maximum absolute atomic E-state index is 10.7. The normalized spacial score (nSPS) is 34.1. The molecule has 2 saturated heterocycles. The number of phenolic OH excluding ortho intramolecular Hbond substituents is 2. The van der Waals surface area contributed by atoms with Gasteiger partial charge in [0.25, 0.3) is 11.9 Å². The first kappa shape index (κ1) is 33.7. The van der Waals surface area contributed by atoms with Crippen LogP contribution in [0, 0.1) is 0 Å². The van der Waals surface area contributed by atoms with E-state index in [9.17, 15) is 51.1 Å². The van der Waals surface area contributed by atoms with Gasteiger partial charge in [-0.25, -0.2) is 0 Å². The molecule has 2 aromatic rings. The fourth-order valence-electron chi connectivity index (χ4n) is 5.37. The second-order valence-corrected chi connectivity index (χ2v) is 10.9. The van der Waals surface area contributed by atoms with Gasteiger partial charge in [-0.15, -0.1) is 0 Å². The Kier molecular flexibility index (Phi) is 9.99. The summed E-state index contributed by atoms with van der Waals surface area (Å²) in [5.74, 6) is -0.758. The van der Waals surface area contributed by atoms with E-state index in [1.54, 1.807) is 0 Å². The SMILES string of the molecule is COc1cc(C2[OH+]c3cc(O)cc(O[C@@H]4O[C@H](CO)[C@@H](O)[C@H](O)[C@H]4O)c3C=C2O[C@H]2O[C@@H](CO)[C@@H](O)[C@H](O)[C@H]2O)cc(OC)c1O. The molecule has 0 amide bonds. The molecular formula is C29H37O17+. The van der Waals surface area contributed by atoms with Crippen molar-refractivity contribution in [2.75, 3.05) is 27.4 Å². The van der Waals surface area contributed by atoms with Gasteiger partial charge in [0.2, 0.25) is 18.3 Å². The number of ether oxygens (including phenoxy) is 7. The first-order valence-electron chi connectivity index (χ1n) is 14.1. The Morgan fingerprint density at radius 2 is 1.20 bits per heavy atom. The number of hydrogen-bond acceptors (Lipinski definition) is 16. The molecule has 11 atom stereocenters. The minimum Gasteiger partial charge on any atom is -0.571 e. The lowest BCUT2D eigenvalue weighted by Crippen LogP contribution is -2.60. The van der Waals surface area contributed by atoms with E-state index in [2.05, 4.69) is 4.74 Å². The van der Waals surface area contributed by atoms with Crippen molar-refractivity contribution >= 4 is 6.08 Å². The van der Waals surface area contributed by atoms with Crippen molar-refractivity contribution in [3.05, 3.63) is 41.2 Å². The molecule has 0 radical (unpaired) electrons. The summed E-state index contributed by atoms with van der Waals surface area (Å²) in [6, 6.07) is 5.27. The zero-order valence-electron chi connectivity index (χ0n) is 24.5. The third-order valence-corrected chi connectivity index (χ3v) is 7.94. The summed E-state index contributed by atoms with van der Waals surface area (Å²) < 4.78 is 38.1. The van der Waals surface area contributed by atoms with Crippen molar-refractivity contribution in [3.63, 3.8) is 0 Å². The lowest BCUT2D eigenvalue weighted by Gasteiger charge is -2.40. The van der Waals surface area contributed by atoms with Gasteiger partial charge in [0.15, 0.2) is 17.3 Å². The molecule has 17 nitrogen and oxygen atoms in total. The van der Waals surface area contributed by atoms with Crippen LogP contribution in [0.1, 0.15) is 17.2 Å². The number of fused-ring (bicyclic) bond motifs is 1. The molecule has 0 aromatic heterocycles. The summed E-state index contributed by atoms with van der Waals surface area (Å²) in [5.41, 5.74) is 0.441. The molecule has 2 aromatic carbocycles. The smallest absolute Gasteiger partial charge is 0.270 e. The molecule has 0 aliphatic carbocycles. The Labute approximate surface area is 261 Å². The zero-order chi connectivity index (χ0) is 33.4. The van der Waals surface area contributed by atoms with E-state index in [-0.39, 0.29) is 45.8 Å². The van der Waals surface area contributed by atoms with Crippen molar-refractivity contribution in [1.82, 2.24) is 0 Å². The molecule has 0 bridgehead atoms. The van der Waals surface area contributed by atoms with Crippen LogP contribution in [0.4, 0.5) is 0 Å². The van der Waals surface area contributed by atoms with E-state index < -0.39 is 80.7 Å². The van der Waals surface area contributed by atoms with Gasteiger partial charge in [0.05, 0.1) is 39.1 Å². The predicted molar refractivity (Wildman–Crippen MR) is 151 cm³/mol. The predicted octanol–water partition coefficient (Wildman–Crippen LogP) is -2.55. The van der Waals surface area contributed by atoms with Crippen molar-refractivity contribution in [2.45, 2.75) is 67.5 Å². The topological polar surface area (TPSA) is 270 Å². The summed E-state index contributed by atoms with van der Waals surface area (Å²) in [5, 5.41) is 102. The number of hydrogen-bond donors (Lipinski definition) is 10. The summed E-state index contributed by atoms with van der Waals surface area (Å²) in [7, 11) is 2.63. The Balaban J connectivity index is 1.59. The Morgan fingerprint density at radius 3 is 1.70 bits per heavy atom. The third-order valence-electron chi connectivity index (χ3n) is 7.94. The van der Waals surface area contributed by atoms with Gasteiger partial charge in [-0.2, -0.15) is 0 Å². The lowest BCUT2D eigenvalue weighted by molar-refractivity contribution is -0.295. The number of aromatic hydroxyl groups is 3. The summed E-state index contributed by atoms with van der Waals surface area (Å²) >= 11 is 0. The quantitative estimate of drug-likeness (QED) is 0.124. The van der Waals surface area contributed by atoms with Gasteiger partial charge in [-0.1, -0.05) is 0 Å². The van der Waals surface area contributed by atoms with Gasteiger partial charge >= 0.3 is 0 Å². The van der Waals surface area contributed by atoms with Gasteiger partial charge in [0.1, 0.15) is 65.9 Å². The maximum Gasteiger partial charge on any atom is 0.270 e. The van der Waals surface area contributed by atoms with Crippen LogP contribution in [0.5, 0.6) is 34.5 Å². The summed E-state index contributed by atoms with van der Waals surface area (Å²) in [4.78, 5) is 0. The Hall–Kier alpha value is -3.62. The molecule has 3 heterocycles. The highest BCUT2D eigenvalue weighted by Gasteiger charge is 2.48. The maximum atomic E-state index is 10.7. The van der Waals surface area contributed by atoms with Crippen LogP contribution >= 0.6 is 0 Å². The van der Waals surface area contributed by atoms with Crippen molar-refractivity contribution in [3.8, 4) is 34.5 Å². The molecule has 0 spiro atoms. The van der Waals surface area contributed by atoms with Crippen LogP contribution < -0.4 is 14.2 Å². The average molecular weight is 658 g/mol. The lowest BCUT2D eigenvalue weighted by atomic mass is 9.98. The van der Waals surface area contributed by atoms with Crippen LogP contribution in [-0.2, 0) is 14.2 Å². The van der Waals surface area contributed by atoms with Crippen LogP contribution in [0.2, 0.25) is 0 Å². The molecule has 254 valence electrons. The molecule has 0 saturated carbocycles. The molecule has 17 heteroatoms. The van der Waals surface area contributed by atoms with Gasteiger partial charge < -0.3 is 84.2 Å². The number of methoxy groups -OCH3 is 2. The molecule has 46 heavy (non-hydrogen) atoms. The highest BCUT2D eigenvalue weighted by Crippen LogP contribution is 2.48. The van der Waals surface area contributed by atoms with Gasteiger partial charge in [-0.05, 0) is 12.1 Å². The molecule has 1 unspecified atom stereocenters. The van der Waals surface area contributed by atoms with Crippen molar-refractivity contribution in [2.24, 2.45) is 0 Å². The summed E-state index contributed by atoms with van der Waals surface area (Å²) in [6.45, 7) is -1.43. The number of phenols is 2. The fraction of sp³-hybridized carbons (Fsp3) is 0.517. The van der Waals surface area contributed by atoms with E-state index in [4.69, 9.17) is 28.4 Å². The van der Waals surface area contributed by atoms with E-state index >= 15 is 0 Å². The minimum atomic E-state index is -1.80. The fourth-order valence-corrected chi connectivity index (χ4v) is 5.37. The highest BCUT2D eigenvalue weighted by molar-refractivity contribution is 5.70. The first-order valence-corrected chi connectivity index (χ1v) is 14.1. The Morgan fingerprint density at radius 1 is 0.674 bits per heavy atom.